The second kappa shape index (κ2) is 8.54. The topological polar surface area (TPSA) is 67.4 Å². The minimum atomic E-state index is -0.397. The van der Waals surface area contributed by atoms with E-state index in [1.807, 2.05) is 24.3 Å². The predicted octanol–water partition coefficient (Wildman–Crippen LogP) is 2.44. The van der Waals surface area contributed by atoms with E-state index < -0.39 is 5.92 Å². The smallest absolute Gasteiger partial charge is 0.228 e. The van der Waals surface area contributed by atoms with E-state index in [0.717, 1.165) is 37.1 Å². The minimum Gasteiger partial charge on any atom is -0.381 e. The van der Waals surface area contributed by atoms with Gasteiger partial charge in [-0.1, -0.05) is 31.5 Å². The van der Waals surface area contributed by atoms with Crippen molar-refractivity contribution in [2.75, 3.05) is 25.1 Å². The quantitative estimate of drug-likeness (QED) is 0.725. The Balaban J connectivity index is 1.79. The number of amides is 2. The van der Waals surface area contributed by atoms with Crippen LogP contribution in [0.3, 0.4) is 0 Å². The van der Waals surface area contributed by atoms with Crippen molar-refractivity contribution in [1.29, 1.82) is 0 Å². The lowest BCUT2D eigenvalue weighted by Crippen LogP contribution is -2.35. The summed E-state index contributed by atoms with van der Waals surface area (Å²) in [4.78, 5) is 24.0. The van der Waals surface area contributed by atoms with Crippen molar-refractivity contribution in [2.45, 2.75) is 38.5 Å². The summed E-state index contributed by atoms with van der Waals surface area (Å²) in [5.41, 5.74) is 1.63. The van der Waals surface area contributed by atoms with E-state index in [1.54, 1.807) is 0 Å². The molecular formula is C17H24N2O3. The van der Waals surface area contributed by atoms with E-state index in [2.05, 4.69) is 17.6 Å². The number of hydrogen-bond acceptors (Lipinski definition) is 3. The molecular weight excluding hydrogens is 280 g/mol. The molecule has 1 aromatic rings. The van der Waals surface area contributed by atoms with Crippen LogP contribution < -0.4 is 10.6 Å². The number of unbranched alkanes of at least 4 members (excludes halogenated alkanes) is 1. The SMILES string of the molecule is CCCCOCCCNC(=O)C1CC(=O)Nc2ccccc21. The Morgan fingerprint density at radius 3 is 2.91 bits per heavy atom. The van der Waals surface area contributed by atoms with Gasteiger partial charge in [-0.2, -0.15) is 0 Å². The lowest BCUT2D eigenvalue weighted by atomic mass is 9.90. The van der Waals surface area contributed by atoms with Crippen LogP contribution in [0.4, 0.5) is 5.69 Å². The third kappa shape index (κ3) is 4.56. The number of ether oxygens (including phenoxy) is 1. The van der Waals surface area contributed by atoms with Crippen LogP contribution in [0.1, 0.15) is 44.1 Å². The molecule has 0 saturated carbocycles. The van der Waals surface area contributed by atoms with E-state index in [4.69, 9.17) is 4.74 Å². The molecule has 1 aromatic carbocycles. The molecule has 1 atom stereocenters. The fraction of sp³-hybridized carbons (Fsp3) is 0.529. The Bertz CT molecular complexity index is 516. The molecule has 22 heavy (non-hydrogen) atoms. The van der Waals surface area contributed by atoms with Crippen molar-refractivity contribution in [1.82, 2.24) is 5.32 Å². The van der Waals surface area contributed by atoms with Crippen LogP contribution in [0.25, 0.3) is 0 Å². The fourth-order valence-corrected chi connectivity index (χ4v) is 2.50. The molecule has 2 rings (SSSR count). The third-order valence-electron chi connectivity index (χ3n) is 3.72. The largest absolute Gasteiger partial charge is 0.381 e. The summed E-state index contributed by atoms with van der Waals surface area (Å²) in [5.74, 6) is -0.594. The molecule has 120 valence electrons. The van der Waals surface area contributed by atoms with Gasteiger partial charge in [0.1, 0.15) is 0 Å². The first-order chi connectivity index (χ1) is 10.7. The highest BCUT2D eigenvalue weighted by Crippen LogP contribution is 2.31. The third-order valence-corrected chi connectivity index (χ3v) is 3.72. The lowest BCUT2D eigenvalue weighted by molar-refractivity contribution is -0.126. The molecule has 1 aliphatic heterocycles. The first-order valence-corrected chi connectivity index (χ1v) is 7.96. The number of hydrogen-bond donors (Lipinski definition) is 2. The Kier molecular flexibility index (Phi) is 6.40. The second-order valence-electron chi connectivity index (χ2n) is 5.50. The van der Waals surface area contributed by atoms with Crippen LogP contribution in [0.2, 0.25) is 0 Å². The average Bonchev–Trinajstić information content (AvgIpc) is 2.53. The fourth-order valence-electron chi connectivity index (χ4n) is 2.50. The van der Waals surface area contributed by atoms with Gasteiger partial charge in [0.05, 0.1) is 5.92 Å². The number of benzene rings is 1. The van der Waals surface area contributed by atoms with Crippen molar-refractivity contribution < 1.29 is 14.3 Å². The number of carbonyl (C=O) groups excluding carboxylic acids is 2. The Labute approximate surface area is 131 Å². The monoisotopic (exact) mass is 304 g/mol. The molecule has 0 spiro atoms. The zero-order valence-electron chi connectivity index (χ0n) is 13.1. The summed E-state index contributed by atoms with van der Waals surface area (Å²) in [6.45, 7) is 4.13. The zero-order chi connectivity index (χ0) is 15.8. The average molecular weight is 304 g/mol. The summed E-state index contributed by atoms with van der Waals surface area (Å²) >= 11 is 0. The van der Waals surface area contributed by atoms with Crippen LogP contribution in [-0.2, 0) is 14.3 Å². The van der Waals surface area contributed by atoms with Crippen LogP contribution in [0, 0.1) is 0 Å². The van der Waals surface area contributed by atoms with E-state index in [1.165, 1.54) is 0 Å². The van der Waals surface area contributed by atoms with Gasteiger partial charge in [0.15, 0.2) is 0 Å². The maximum Gasteiger partial charge on any atom is 0.228 e. The Morgan fingerprint density at radius 2 is 2.09 bits per heavy atom. The molecule has 2 amide bonds. The number of carbonyl (C=O) groups is 2. The highest BCUT2D eigenvalue weighted by atomic mass is 16.5. The van der Waals surface area contributed by atoms with Crippen molar-refractivity contribution in [3.63, 3.8) is 0 Å². The van der Waals surface area contributed by atoms with Gasteiger partial charge in [-0.05, 0) is 24.5 Å². The zero-order valence-corrected chi connectivity index (χ0v) is 13.1. The Morgan fingerprint density at radius 1 is 1.32 bits per heavy atom. The normalized spacial score (nSPS) is 16.8. The second-order valence-corrected chi connectivity index (χ2v) is 5.50. The summed E-state index contributed by atoms with van der Waals surface area (Å²) in [6, 6.07) is 7.46. The van der Waals surface area contributed by atoms with Gasteiger partial charge in [0.25, 0.3) is 0 Å². The maximum absolute atomic E-state index is 12.3. The van der Waals surface area contributed by atoms with Crippen LogP contribution in [-0.4, -0.2) is 31.6 Å². The molecule has 1 unspecified atom stereocenters. The molecule has 0 aliphatic carbocycles. The number of fused-ring (bicyclic) bond motifs is 1. The number of para-hydroxylation sites is 1. The molecule has 5 nitrogen and oxygen atoms in total. The van der Waals surface area contributed by atoms with Crippen molar-refractivity contribution >= 4 is 17.5 Å². The van der Waals surface area contributed by atoms with Crippen molar-refractivity contribution in [2.24, 2.45) is 0 Å². The van der Waals surface area contributed by atoms with E-state index in [0.29, 0.717) is 13.2 Å². The molecule has 0 radical (unpaired) electrons. The van der Waals surface area contributed by atoms with Gasteiger partial charge in [0.2, 0.25) is 11.8 Å². The molecule has 1 heterocycles. The van der Waals surface area contributed by atoms with E-state index in [-0.39, 0.29) is 18.2 Å². The summed E-state index contributed by atoms with van der Waals surface area (Å²) < 4.78 is 5.46. The van der Waals surface area contributed by atoms with E-state index in [9.17, 15) is 9.59 Å². The molecule has 1 aliphatic rings. The van der Waals surface area contributed by atoms with Crippen molar-refractivity contribution in [3.8, 4) is 0 Å². The Hall–Kier alpha value is -1.88. The van der Waals surface area contributed by atoms with E-state index >= 15 is 0 Å². The maximum atomic E-state index is 12.3. The number of nitrogens with one attached hydrogen (secondary N) is 2. The summed E-state index contributed by atoms with van der Waals surface area (Å²) in [5, 5.41) is 5.71. The van der Waals surface area contributed by atoms with Gasteiger partial charge in [-0.15, -0.1) is 0 Å². The van der Waals surface area contributed by atoms with Gasteiger partial charge >= 0.3 is 0 Å². The van der Waals surface area contributed by atoms with Gasteiger partial charge in [-0.25, -0.2) is 0 Å². The molecule has 0 aromatic heterocycles. The highest BCUT2D eigenvalue weighted by molar-refractivity contribution is 6.01. The first-order valence-electron chi connectivity index (χ1n) is 7.96. The lowest BCUT2D eigenvalue weighted by Gasteiger charge is -2.24. The van der Waals surface area contributed by atoms with Crippen molar-refractivity contribution in [3.05, 3.63) is 29.8 Å². The first kappa shape index (κ1) is 16.5. The number of rotatable bonds is 8. The minimum absolute atomic E-state index is 0.0872. The number of anilines is 1. The highest BCUT2D eigenvalue weighted by Gasteiger charge is 2.29. The van der Waals surface area contributed by atoms with Gasteiger partial charge < -0.3 is 15.4 Å². The molecule has 2 N–H and O–H groups in total. The van der Waals surface area contributed by atoms with Crippen LogP contribution >= 0.6 is 0 Å². The molecule has 0 fully saturated rings. The molecule has 0 saturated heterocycles. The molecule has 0 bridgehead atoms. The predicted molar refractivity (Wildman–Crippen MR) is 85.8 cm³/mol. The summed E-state index contributed by atoms with van der Waals surface area (Å²) in [6.07, 6.45) is 3.19. The molecule has 5 heteroatoms. The van der Waals surface area contributed by atoms with Gasteiger partial charge in [0, 0.05) is 31.9 Å². The van der Waals surface area contributed by atoms with Crippen LogP contribution in [0.5, 0.6) is 0 Å². The van der Waals surface area contributed by atoms with Crippen LogP contribution in [0.15, 0.2) is 24.3 Å². The van der Waals surface area contributed by atoms with Gasteiger partial charge in [-0.3, -0.25) is 9.59 Å². The summed E-state index contributed by atoms with van der Waals surface area (Å²) in [7, 11) is 0. The standard InChI is InChI=1S/C17H24N2O3/c1-2-3-10-22-11-6-9-18-17(21)14-12-16(20)19-15-8-5-4-7-13(14)15/h4-5,7-8,14H,2-3,6,9-12H2,1H3,(H,18,21)(H,19,20).